The Labute approximate surface area is 180 Å². The first-order valence-corrected chi connectivity index (χ1v) is 12.0. The van der Waals surface area contributed by atoms with E-state index < -0.39 is 0 Å². The van der Waals surface area contributed by atoms with E-state index in [-0.39, 0.29) is 5.91 Å². The lowest BCUT2D eigenvalue weighted by molar-refractivity contribution is -0.118. The molecule has 2 aliphatic heterocycles. The number of likely N-dealkylation sites (tertiary alicyclic amines) is 1. The highest BCUT2D eigenvalue weighted by molar-refractivity contribution is 5.94. The van der Waals surface area contributed by atoms with Crippen LogP contribution in [0, 0.1) is 0 Å². The summed E-state index contributed by atoms with van der Waals surface area (Å²) in [7, 11) is 0. The number of carbonyl (C=O) groups excluding carboxylic acids is 2. The Bertz CT molecular complexity index is 738. The molecule has 4 rings (SSSR count). The lowest BCUT2D eigenvalue weighted by Crippen LogP contribution is -2.42. The Hall–Kier alpha value is -1.89. The fourth-order valence-electron chi connectivity index (χ4n) is 5.40. The number of fused-ring (bicyclic) bond motifs is 1. The van der Waals surface area contributed by atoms with E-state index in [1.807, 2.05) is 9.80 Å². The van der Waals surface area contributed by atoms with Gasteiger partial charge in [-0.2, -0.15) is 5.10 Å². The summed E-state index contributed by atoms with van der Waals surface area (Å²) in [5, 5.41) is 4.86. The predicted molar refractivity (Wildman–Crippen MR) is 117 cm³/mol. The highest BCUT2D eigenvalue weighted by atomic mass is 16.2. The molecule has 2 saturated heterocycles. The van der Waals surface area contributed by atoms with E-state index in [4.69, 9.17) is 5.10 Å². The molecule has 7 nitrogen and oxygen atoms in total. The lowest BCUT2D eigenvalue weighted by atomic mass is 9.89. The van der Waals surface area contributed by atoms with Gasteiger partial charge in [0, 0.05) is 63.1 Å². The minimum absolute atomic E-state index is 0.145. The fraction of sp³-hybridized carbons (Fsp3) is 0.783. The topological polar surface area (TPSA) is 61.7 Å². The molecule has 0 spiro atoms. The molecule has 1 aromatic heterocycles. The lowest BCUT2D eigenvalue weighted by Gasteiger charge is -2.34. The summed E-state index contributed by atoms with van der Waals surface area (Å²) in [6, 6.07) is 0.444. The minimum atomic E-state index is 0.145. The molecule has 0 N–H and O–H groups in total. The summed E-state index contributed by atoms with van der Waals surface area (Å²) in [5.41, 5.74) is 3.20. The molecule has 7 heteroatoms. The number of hydrogen-bond donors (Lipinski definition) is 0. The average Bonchev–Trinajstić information content (AvgIpc) is 2.99. The Morgan fingerprint density at radius 2 is 1.83 bits per heavy atom. The van der Waals surface area contributed by atoms with Crippen molar-refractivity contribution in [2.24, 2.45) is 0 Å². The van der Waals surface area contributed by atoms with Gasteiger partial charge in [-0.25, -0.2) is 0 Å². The van der Waals surface area contributed by atoms with E-state index in [2.05, 4.69) is 16.5 Å². The maximum absolute atomic E-state index is 13.5. The van der Waals surface area contributed by atoms with Gasteiger partial charge in [-0.15, -0.1) is 0 Å². The Balaban J connectivity index is 1.55. The van der Waals surface area contributed by atoms with Crippen molar-refractivity contribution < 1.29 is 9.59 Å². The Morgan fingerprint density at radius 1 is 1.03 bits per heavy atom. The average molecular weight is 416 g/mol. The van der Waals surface area contributed by atoms with Gasteiger partial charge in [0.2, 0.25) is 6.41 Å². The van der Waals surface area contributed by atoms with Gasteiger partial charge in [0.15, 0.2) is 5.69 Å². The third kappa shape index (κ3) is 4.56. The number of amides is 2. The molecule has 2 fully saturated rings. The highest BCUT2D eigenvalue weighted by Gasteiger charge is 2.33. The Kier molecular flexibility index (Phi) is 7.08. The number of aromatic nitrogens is 2. The van der Waals surface area contributed by atoms with Crippen molar-refractivity contribution in [1.82, 2.24) is 24.5 Å². The monoisotopic (exact) mass is 415 g/mol. The number of hydrogen-bond acceptors (Lipinski definition) is 4. The zero-order valence-electron chi connectivity index (χ0n) is 18.5. The van der Waals surface area contributed by atoms with Crippen LogP contribution in [0.4, 0.5) is 0 Å². The molecule has 0 unspecified atom stereocenters. The normalized spacial score (nSPS) is 23.6. The van der Waals surface area contributed by atoms with Crippen molar-refractivity contribution >= 4 is 12.3 Å². The number of carbonyl (C=O) groups is 2. The van der Waals surface area contributed by atoms with Gasteiger partial charge >= 0.3 is 0 Å². The van der Waals surface area contributed by atoms with E-state index in [0.717, 1.165) is 103 Å². The van der Waals surface area contributed by atoms with Crippen LogP contribution in [-0.2, 0) is 24.2 Å². The summed E-state index contributed by atoms with van der Waals surface area (Å²) in [6.45, 7) is 8.41. The SMILES string of the molecule is CCCn1nc(C(=O)N2CCCCCC2)c2c1CC[C@H](N1CCCN(C=O)CC1)C2. The third-order valence-corrected chi connectivity index (χ3v) is 7.08. The largest absolute Gasteiger partial charge is 0.344 e. The molecular formula is C23H37N5O2. The highest BCUT2D eigenvalue weighted by Crippen LogP contribution is 2.29. The van der Waals surface area contributed by atoms with E-state index >= 15 is 0 Å². The van der Waals surface area contributed by atoms with Gasteiger partial charge in [0.05, 0.1) is 0 Å². The number of rotatable bonds is 5. The van der Waals surface area contributed by atoms with Crippen LogP contribution in [-0.4, -0.2) is 82.1 Å². The first-order chi connectivity index (χ1) is 14.7. The Morgan fingerprint density at radius 3 is 2.57 bits per heavy atom. The van der Waals surface area contributed by atoms with Crippen LogP contribution < -0.4 is 0 Å². The molecule has 1 aliphatic carbocycles. The van der Waals surface area contributed by atoms with Gasteiger partial charge in [-0.3, -0.25) is 19.2 Å². The van der Waals surface area contributed by atoms with E-state index in [1.165, 1.54) is 24.1 Å². The van der Waals surface area contributed by atoms with Crippen LogP contribution in [0.2, 0.25) is 0 Å². The van der Waals surface area contributed by atoms with Gasteiger partial charge in [0.25, 0.3) is 5.91 Å². The first kappa shape index (κ1) is 21.3. The molecule has 3 heterocycles. The van der Waals surface area contributed by atoms with Crippen LogP contribution in [0.15, 0.2) is 0 Å². The number of aryl methyl sites for hydroxylation is 1. The van der Waals surface area contributed by atoms with Crippen LogP contribution in [0.1, 0.15) is 73.6 Å². The molecule has 0 radical (unpaired) electrons. The molecule has 30 heavy (non-hydrogen) atoms. The second-order valence-electron chi connectivity index (χ2n) is 9.13. The summed E-state index contributed by atoms with van der Waals surface area (Å²) >= 11 is 0. The van der Waals surface area contributed by atoms with Crippen molar-refractivity contribution in [2.45, 2.75) is 77.3 Å². The molecule has 0 saturated carbocycles. The molecule has 1 aromatic rings. The zero-order chi connectivity index (χ0) is 20.9. The fourth-order valence-corrected chi connectivity index (χ4v) is 5.40. The maximum atomic E-state index is 13.5. The smallest absolute Gasteiger partial charge is 0.274 e. The summed E-state index contributed by atoms with van der Waals surface area (Å²) in [6.07, 6.45) is 10.7. The molecule has 0 bridgehead atoms. The van der Waals surface area contributed by atoms with Crippen molar-refractivity contribution in [3.63, 3.8) is 0 Å². The summed E-state index contributed by atoms with van der Waals surface area (Å²) in [5.74, 6) is 0.145. The second-order valence-corrected chi connectivity index (χ2v) is 9.13. The van der Waals surface area contributed by atoms with Crippen molar-refractivity contribution in [1.29, 1.82) is 0 Å². The van der Waals surface area contributed by atoms with Crippen LogP contribution in [0.5, 0.6) is 0 Å². The third-order valence-electron chi connectivity index (χ3n) is 7.08. The number of nitrogens with zero attached hydrogens (tertiary/aromatic N) is 5. The maximum Gasteiger partial charge on any atom is 0.274 e. The van der Waals surface area contributed by atoms with Crippen LogP contribution >= 0.6 is 0 Å². The van der Waals surface area contributed by atoms with Gasteiger partial charge in [-0.05, 0) is 44.9 Å². The van der Waals surface area contributed by atoms with E-state index in [1.54, 1.807) is 0 Å². The zero-order valence-corrected chi connectivity index (χ0v) is 18.5. The van der Waals surface area contributed by atoms with Crippen LogP contribution in [0.25, 0.3) is 0 Å². The van der Waals surface area contributed by atoms with E-state index in [0.29, 0.717) is 6.04 Å². The molecule has 166 valence electrons. The second kappa shape index (κ2) is 9.94. The molecule has 3 aliphatic rings. The predicted octanol–water partition coefficient (Wildman–Crippen LogP) is 2.33. The molecule has 2 amide bonds. The van der Waals surface area contributed by atoms with E-state index in [9.17, 15) is 9.59 Å². The standard InChI is InChI=1S/C23H37N5O2/c1-2-10-28-21-9-8-19(26-14-7-11-25(18-29)15-16-26)17-20(21)22(24-28)23(30)27-12-5-3-4-6-13-27/h18-19H,2-17H2,1H3/t19-/m0/s1. The molecular weight excluding hydrogens is 378 g/mol. The molecule has 0 aromatic carbocycles. The van der Waals surface area contributed by atoms with Crippen molar-refractivity contribution in [3.8, 4) is 0 Å². The molecule has 1 atom stereocenters. The van der Waals surface area contributed by atoms with Crippen molar-refractivity contribution in [2.75, 3.05) is 39.3 Å². The van der Waals surface area contributed by atoms with Gasteiger partial charge < -0.3 is 9.80 Å². The minimum Gasteiger partial charge on any atom is -0.344 e. The van der Waals surface area contributed by atoms with Crippen LogP contribution in [0.3, 0.4) is 0 Å². The summed E-state index contributed by atoms with van der Waals surface area (Å²) in [4.78, 5) is 31.1. The quantitative estimate of drug-likeness (QED) is 0.693. The first-order valence-electron chi connectivity index (χ1n) is 12.0. The van der Waals surface area contributed by atoms with Gasteiger partial charge in [0.1, 0.15) is 0 Å². The van der Waals surface area contributed by atoms with Crippen molar-refractivity contribution in [3.05, 3.63) is 17.0 Å². The summed E-state index contributed by atoms with van der Waals surface area (Å²) < 4.78 is 2.12. The van der Waals surface area contributed by atoms with Gasteiger partial charge in [-0.1, -0.05) is 19.8 Å².